The molecule has 1 aromatic carbocycles. The predicted molar refractivity (Wildman–Crippen MR) is 81.1 cm³/mol. The van der Waals surface area contributed by atoms with Crippen LogP contribution < -0.4 is 5.32 Å². The molecule has 100 valence electrons. The molecule has 19 heavy (non-hydrogen) atoms. The van der Waals surface area contributed by atoms with E-state index in [-0.39, 0.29) is 0 Å². The first-order valence-electron chi connectivity index (χ1n) is 6.73. The Balaban J connectivity index is 2.09. The van der Waals surface area contributed by atoms with Gasteiger partial charge in [-0.2, -0.15) is 0 Å². The number of nitrogens with zero attached hydrogens (tertiary/aromatic N) is 2. The lowest BCUT2D eigenvalue weighted by atomic mass is 10.2. The minimum atomic E-state index is 0.895. The molecule has 2 rings (SSSR count). The lowest BCUT2D eigenvalue weighted by molar-refractivity contribution is 0.334. The molecule has 0 atom stereocenters. The van der Waals surface area contributed by atoms with E-state index in [1.807, 2.05) is 19.3 Å². The van der Waals surface area contributed by atoms with E-state index in [0.717, 1.165) is 31.9 Å². The van der Waals surface area contributed by atoms with Crippen LogP contribution >= 0.6 is 0 Å². The standard InChI is InChI=1S/C16H21N3/c1-17-12-13-19(14-15-8-4-2-5-9-15)16-10-6-3-7-11-18-16/h2-5,7-11,17H,6,12-14H2,1H3. The van der Waals surface area contributed by atoms with E-state index in [4.69, 9.17) is 0 Å². The zero-order valence-corrected chi connectivity index (χ0v) is 11.4. The largest absolute Gasteiger partial charge is 0.351 e. The number of hydrogen-bond donors (Lipinski definition) is 1. The molecular formula is C16H21N3. The first-order valence-corrected chi connectivity index (χ1v) is 6.73. The van der Waals surface area contributed by atoms with Gasteiger partial charge in [0.1, 0.15) is 5.82 Å². The Morgan fingerprint density at radius 2 is 2.11 bits per heavy atom. The minimum Gasteiger partial charge on any atom is -0.351 e. The van der Waals surface area contributed by atoms with Crippen LogP contribution in [0.15, 0.2) is 59.4 Å². The summed E-state index contributed by atoms with van der Waals surface area (Å²) in [6, 6.07) is 10.5. The summed E-state index contributed by atoms with van der Waals surface area (Å²) in [5.41, 5.74) is 1.31. The van der Waals surface area contributed by atoms with Crippen molar-refractivity contribution in [3.8, 4) is 0 Å². The summed E-state index contributed by atoms with van der Waals surface area (Å²) >= 11 is 0. The van der Waals surface area contributed by atoms with Gasteiger partial charge in [0.2, 0.25) is 0 Å². The summed E-state index contributed by atoms with van der Waals surface area (Å²) in [5, 5.41) is 3.20. The maximum Gasteiger partial charge on any atom is 0.125 e. The van der Waals surface area contributed by atoms with Gasteiger partial charge in [0.05, 0.1) is 0 Å². The van der Waals surface area contributed by atoms with Gasteiger partial charge in [-0.3, -0.25) is 0 Å². The second-order valence-electron chi connectivity index (χ2n) is 4.52. The molecule has 1 aliphatic heterocycles. The lowest BCUT2D eigenvalue weighted by Gasteiger charge is -2.25. The molecule has 0 radical (unpaired) electrons. The highest BCUT2D eigenvalue weighted by Gasteiger charge is 2.09. The molecule has 1 aliphatic rings. The van der Waals surface area contributed by atoms with E-state index in [1.165, 1.54) is 5.56 Å². The third-order valence-electron chi connectivity index (χ3n) is 3.04. The van der Waals surface area contributed by atoms with Crippen molar-refractivity contribution in [3.05, 3.63) is 59.9 Å². The maximum absolute atomic E-state index is 4.52. The molecule has 0 aromatic heterocycles. The highest BCUT2D eigenvalue weighted by atomic mass is 15.2. The van der Waals surface area contributed by atoms with E-state index >= 15 is 0 Å². The van der Waals surface area contributed by atoms with Crippen LogP contribution in [0.25, 0.3) is 0 Å². The number of allylic oxidation sites excluding steroid dienone is 3. The Morgan fingerprint density at radius 3 is 2.89 bits per heavy atom. The van der Waals surface area contributed by atoms with Crippen LogP contribution in [0.1, 0.15) is 12.0 Å². The van der Waals surface area contributed by atoms with Crippen molar-refractivity contribution in [1.82, 2.24) is 10.2 Å². The fraction of sp³-hybridized carbons (Fsp3) is 0.312. The molecule has 1 heterocycles. The van der Waals surface area contributed by atoms with Gasteiger partial charge >= 0.3 is 0 Å². The fourth-order valence-electron chi connectivity index (χ4n) is 2.02. The summed E-state index contributed by atoms with van der Waals surface area (Å²) in [5.74, 6) is 1.06. The minimum absolute atomic E-state index is 0.895. The zero-order chi connectivity index (χ0) is 13.3. The number of rotatable bonds is 6. The summed E-state index contributed by atoms with van der Waals surface area (Å²) < 4.78 is 0. The second kappa shape index (κ2) is 7.54. The van der Waals surface area contributed by atoms with Crippen LogP contribution in [0, 0.1) is 0 Å². The van der Waals surface area contributed by atoms with Crippen molar-refractivity contribution in [1.29, 1.82) is 0 Å². The third-order valence-corrected chi connectivity index (χ3v) is 3.04. The van der Waals surface area contributed by atoms with Crippen LogP contribution in [-0.2, 0) is 6.54 Å². The molecule has 0 bridgehead atoms. The Morgan fingerprint density at radius 1 is 1.26 bits per heavy atom. The van der Waals surface area contributed by atoms with Gasteiger partial charge in [0, 0.05) is 25.8 Å². The second-order valence-corrected chi connectivity index (χ2v) is 4.52. The smallest absolute Gasteiger partial charge is 0.125 e. The van der Waals surface area contributed by atoms with Gasteiger partial charge in [0.15, 0.2) is 0 Å². The molecule has 3 nitrogen and oxygen atoms in total. The maximum atomic E-state index is 4.52. The number of aliphatic imine (C=N–C) groups is 1. The molecule has 3 heteroatoms. The monoisotopic (exact) mass is 255 g/mol. The van der Waals surface area contributed by atoms with Crippen LogP contribution in [0.5, 0.6) is 0 Å². The van der Waals surface area contributed by atoms with Gasteiger partial charge in [-0.25, -0.2) is 4.99 Å². The van der Waals surface area contributed by atoms with E-state index in [2.05, 4.69) is 57.7 Å². The molecule has 1 aromatic rings. The third kappa shape index (κ3) is 4.38. The van der Waals surface area contributed by atoms with Crippen molar-refractivity contribution in [2.75, 3.05) is 20.1 Å². The Bertz CT molecular complexity index is 460. The Hall–Kier alpha value is -1.87. The normalized spacial score (nSPS) is 14.1. The highest BCUT2D eigenvalue weighted by molar-refractivity contribution is 5.72. The molecule has 0 saturated carbocycles. The van der Waals surface area contributed by atoms with Crippen LogP contribution in [0.2, 0.25) is 0 Å². The van der Waals surface area contributed by atoms with Gasteiger partial charge in [0.25, 0.3) is 0 Å². The summed E-state index contributed by atoms with van der Waals surface area (Å²) in [7, 11) is 1.98. The number of benzene rings is 1. The quantitative estimate of drug-likeness (QED) is 0.846. The first kappa shape index (κ1) is 13.6. The average Bonchev–Trinajstić information content (AvgIpc) is 2.73. The molecular weight excluding hydrogens is 234 g/mol. The Labute approximate surface area is 115 Å². The van der Waals surface area contributed by atoms with Crippen molar-refractivity contribution in [3.63, 3.8) is 0 Å². The van der Waals surface area contributed by atoms with Crippen LogP contribution in [-0.4, -0.2) is 31.3 Å². The van der Waals surface area contributed by atoms with E-state index in [9.17, 15) is 0 Å². The molecule has 0 aliphatic carbocycles. The Kier molecular flexibility index (Phi) is 5.38. The van der Waals surface area contributed by atoms with Gasteiger partial charge in [-0.1, -0.05) is 36.4 Å². The van der Waals surface area contributed by atoms with Crippen molar-refractivity contribution >= 4 is 6.21 Å². The summed E-state index contributed by atoms with van der Waals surface area (Å²) in [6.07, 6.45) is 9.12. The lowest BCUT2D eigenvalue weighted by Crippen LogP contribution is -2.29. The number of hydrogen-bond acceptors (Lipinski definition) is 3. The van der Waals surface area contributed by atoms with Crippen molar-refractivity contribution in [2.24, 2.45) is 4.99 Å². The first-order chi connectivity index (χ1) is 9.40. The van der Waals surface area contributed by atoms with Crippen LogP contribution in [0.4, 0.5) is 0 Å². The molecule has 0 fully saturated rings. The van der Waals surface area contributed by atoms with E-state index < -0.39 is 0 Å². The van der Waals surface area contributed by atoms with Crippen molar-refractivity contribution < 1.29 is 0 Å². The average molecular weight is 255 g/mol. The zero-order valence-electron chi connectivity index (χ0n) is 11.4. The van der Waals surface area contributed by atoms with Gasteiger partial charge < -0.3 is 10.2 Å². The number of likely N-dealkylation sites (N-methyl/N-ethyl adjacent to an activating group) is 1. The van der Waals surface area contributed by atoms with Gasteiger partial charge in [-0.15, -0.1) is 0 Å². The van der Waals surface area contributed by atoms with E-state index in [1.54, 1.807) is 0 Å². The number of nitrogens with one attached hydrogen (secondary N) is 1. The highest BCUT2D eigenvalue weighted by Crippen LogP contribution is 2.14. The van der Waals surface area contributed by atoms with Crippen LogP contribution in [0.3, 0.4) is 0 Å². The van der Waals surface area contributed by atoms with E-state index in [0.29, 0.717) is 0 Å². The predicted octanol–water partition coefficient (Wildman–Crippen LogP) is 2.58. The summed E-state index contributed by atoms with van der Waals surface area (Å²) in [6.45, 7) is 2.80. The molecule has 0 spiro atoms. The molecule has 0 saturated heterocycles. The topological polar surface area (TPSA) is 27.6 Å². The van der Waals surface area contributed by atoms with Crippen molar-refractivity contribution in [2.45, 2.75) is 13.0 Å². The molecule has 1 N–H and O–H groups in total. The molecule has 0 amide bonds. The van der Waals surface area contributed by atoms with Gasteiger partial charge in [-0.05, 0) is 31.2 Å². The fourth-order valence-corrected chi connectivity index (χ4v) is 2.02. The molecule has 0 unspecified atom stereocenters. The SMILES string of the molecule is CNCCN(Cc1ccccc1)C1=CCC=CC=N1. The summed E-state index contributed by atoms with van der Waals surface area (Å²) in [4.78, 5) is 6.83.